The standard InChI is InChI=1S/C34H39F3O/c1-3-5-7-9-11-27-17-19-29(34(37)33(27)36)26-15-13-25(14-16-26)28-18-20-30(31(35)22-28)32-21-12-24(23-38-32)10-8-6-4-2/h4,6,13-20,22,24,32H,3,5,7-12,21,23H2,1-2H3/b6-4+. The average Bonchev–Trinajstić information content (AvgIpc) is 2.94. The van der Waals surface area contributed by atoms with Crippen molar-refractivity contribution in [1.29, 1.82) is 0 Å². The molecule has 1 aliphatic rings. The summed E-state index contributed by atoms with van der Waals surface area (Å²) in [7, 11) is 0. The maximum absolute atomic E-state index is 15.1. The molecule has 1 saturated heterocycles. The summed E-state index contributed by atoms with van der Waals surface area (Å²) in [5.74, 6) is -1.30. The summed E-state index contributed by atoms with van der Waals surface area (Å²) in [6.45, 7) is 4.83. The van der Waals surface area contributed by atoms with Gasteiger partial charge in [-0.1, -0.05) is 86.9 Å². The molecular weight excluding hydrogens is 481 g/mol. The summed E-state index contributed by atoms with van der Waals surface area (Å²) < 4.78 is 50.7. The first-order valence-electron chi connectivity index (χ1n) is 14.1. The predicted molar refractivity (Wildman–Crippen MR) is 150 cm³/mol. The first kappa shape index (κ1) is 28.2. The van der Waals surface area contributed by atoms with Crippen molar-refractivity contribution in [2.24, 2.45) is 5.92 Å². The van der Waals surface area contributed by atoms with E-state index in [0.29, 0.717) is 35.6 Å². The maximum atomic E-state index is 15.1. The fraction of sp³-hybridized carbons (Fsp3) is 0.412. The highest BCUT2D eigenvalue weighted by molar-refractivity contribution is 5.71. The minimum absolute atomic E-state index is 0.211. The number of ether oxygens (including phenoxy) is 1. The SMILES string of the molecule is C/C=C/CCC1CCC(c2ccc(-c3ccc(-c4ccc(CCCCCC)c(F)c4F)cc3)cc2F)OC1. The van der Waals surface area contributed by atoms with E-state index in [9.17, 15) is 8.78 Å². The second-order valence-corrected chi connectivity index (χ2v) is 10.4. The minimum atomic E-state index is -0.808. The molecule has 0 aliphatic carbocycles. The molecule has 1 aliphatic heterocycles. The van der Waals surface area contributed by atoms with E-state index < -0.39 is 11.6 Å². The van der Waals surface area contributed by atoms with Crippen LogP contribution in [0.15, 0.2) is 66.7 Å². The molecule has 0 amide bonds. The van der Waals surface area contributed by atoms with Crippen LogP contribution < -0.4 is 0 Å². The van der Waals surface area contributed by atoms with Gasteiger partial charge >= 0.3 is 0 Å². The number of benzene rings is 3. The molecule has 2 unspecified atom stereocenters. The molecule has 1 fully saturated rings. The molecule has 0 aromatic heterocycles. The number of hydrogen-bond acceptors (Lipinski definition) is 1. The molecule has 4 heteroatoms. The van der Waals surface area contributed by atoms with Gasteiger partial charge in [0.2, 0.25) is 0 Å². The Morgan fingerprint density at radius 1 is 0.842 bits per heavy atom. The van der Waals surface area contributed by atoms with Crippen LogP contribution in [0.5, 0.6) is 0 Å². The summed E-state index contributed by atoms with van der Waals surface area (Å²) >= 11 is 0. The first-order valence-corrected chi connectivity index (χ1v) is 14.1. The second kappa shape index (κ2) is 13.8. The molecule has 0 spiro atoms. The van der Waals surface area contributed by atoms with E-state index in [4.69, 9.17) is 4.74 Å². The highest BCUT2D eigenvalue weighted by atomic mass is 19.2. The lowest BCUT2D eigenvalue weighted by Crippen LogP contribution is -2.21. The molecule has 1 nitrogen and oxygen atoms in total. The smallest absolute Gasteiger partial charge is 0.166 e. The van der Waals surface area contributed by atoms with Crippen molar-refractivity contribution in [3.63, 3.8) is 0 Å². The van der Waals surface area contributed by atoms with E-state index >= 15 is 4.39 Å². The zero-order chi connectivity index (χ0) is 26.9. The average molecular weight is 521 g/mol. The number of hydrogen-bond donors (Lipinski definition) is 0. The van der Waals surface area contributed by atoms with Crippen molar-refractivity contribution >= 4 is 0 Å². The van der Waals surface area contributed by atoms with E-state index in [1.165, 1.54) is 0 Å². The van der Waals surface area contributed by atoms with Crippen molar-refractivity contribution in [2.75, 3.05) is 6.61 Å². The van der Waals surface area contributed by atoms with Crippen molar-refractivity contribution in [1.82, 2.24) is 0 Å². The lowest BCUT2D eigenvalue weighted by Gasteiger charge is -2.29. The van der Waals surface area contributed by atoms with E-state index in [0.717, 1.165) is 62.5 Å². The Labute approximate surface area is 225 Å². The number of allylic oxidation sites excluding steroid dienone is 2. The van der Waals surface area contributed by atoms with Crippen LogP contribution in [0.3, 0.4) is 0 Å². The van der Waals surface area contributed by atoms with Gasteiger partial charge in [0.05, 0.1) is 12.7 Å². The second-order valence-electron chi connectivity index (χ2n) is 10.4. The molecule has 3 aromatic carbocycles. The fourth-order valence-electron chi connectivity index (χ4n) is 5.34. The third-order valence-electron chi connectivity index (χ3n) is 7.69. The Kier molecular flexibility index (Phi) is 10.2. The van der Waals surface area contributed by atoms with Gasteiger partial charge in [0.15, 0.2) is 11.6 Å². The van der Waals surface area contributed by atoms with E-state index in [1.54, 1.807) is 30.3 Å². The molecule has 202 valence electrons. The van der Waals surface area contributed by atoms with Crippen LogP contribution in [0.4, 0.5) is 13.2 Å². The highest BCUT2D eigenvalue weighted by Gasteiger charge is 2.25. The van der Waals surface area contributed by atoms with Crippen molar-refractivity contribution < 1.29 is 17.9 Å². The van der Waals surface area contributed by atoms with Gasteiger partial charge in [-0.2, -0.15) is 0 Å². The lowest BCUT2D eigenvalue weighted by atomic mass is 9.90. The molecule has 0 radical (unpaired) electrons. The van der Waals surface area contributed by atoms with Crippen molar-refractivity contribution in [3.05, 3.63) is 95.3 Å². The Hall–Kier alpha value is -2.85. The van der Waals surface area contributed by atoms with Crippen molar-refractivity contribution in [3.8, 4) is 22.3 Å². The molecule has 0 bridgehead atoms. The summed E-state index contributed by atoms with van der Waals surface area (Å²) in [4.78, 5) is 0. The van der Waals surface area contributed by atoms with Gasteiger partial charge in [0.25, 0.3) is 0 Å². The van der Waals surface area contributed by atoms with Gasteiger partial charge in [0, 0.05) is 11.1 Å². The van der Waals surface area contributed by atoms with Crippen LogP contribution in [0.2, 0.25) is 0 Å². The zero-order valence-electron chi connectivity index (χ0n) is 22.6. The molecular formula is C34H39F3O. The summed E-state index contributed by atoms with van der Waals surface area (Å²) in [6, 6.07) is 15.8. The Morgan fingerprint density at radius 3 is 2.29 bits per heavy atom. The van der Waals surface area contributed by atoms with Gasteiger partial charge < -0.3 is 4.74 Å². The summed E-state index contributed by atoms with van der Waals surface area (Å²) in [6.07, 6.45) is 12.7. The molecule has 1 heterocycles. The molecule has 0 saturated carbocycles. The zero-order valence-corrected chi connectivity index (χ0v) is 22.6. The van der Waals surface area contributed by atoms with Crippen molar-refractivity contribution in [2.45, 2.75) is 77.7 Å². The lowest BCUT2D eigenvalue weighted by molar-refractivity contribution is -0.0207. The van der Waals surface area contributed by atoms with Gasteiger partial charge in [0.1, 0.15) is 5.82 Å². The largest absolute Gasteiger partial charge is 0.373 e. The topological polar surface area (TPSA) is 9.23 Å². The van der Waals surface area contributed by atoms with Gasteiger partial charge in [-0.25, -0.2) is 13.2 Å². The van der Waals surface area contributed by atoms with E-state index in [1.807, 2.05) is 31.2 Å². The van der Waals surface area contributed by atoms with Crippen LogP contribution in [0.1, 0.15) is 82.4 Å². The third-order valence-corrected chi connectivity index (χ3v) is 7.69. The Balaban J connectivity index is 1.41. The normalized spacial score (nSPS) is 17.8. The maximum Gasteiger partial charge on any atom is 0.166 e. The third kappa shape index (κ3) is 6.96. The predicted octanol–water partition coefficient (Wildman–Crippen LogP) is 10.4. The Bertz CT molecular complexity index is 1210. The van der Waals surface area contributed by atoms with E-state index in [2.05, 4.69) is 19.1 Å². The summed E-state index contributed by atoms with van der Waals surface area (Å²) in [5, 5.41) is 0. The summed E-state index contributed by atoms with van der Waals surface area (Å²) in [5.41, 5.74) is 3.43. The molecule has 4 rings (SSSR count). The number of unbranched alkanes of at least 4 members (excludes halogenated alkanes) is 3. The van der Waals surface area contributed by atoms with Crippen LogP contribution in [0.25, 0.3) is 22.3 Å². The monoisotopic (exact) mass is 520 g/mol. The molecule has 2 atom stereocenters. The number of halogens is 3. The fourth-order valence-corrected chi connectivity index (χ4v) is 5.34. The Morgan fingerprint density at radius 2 is 1.61 bits per heavy atom. The van der Waals surface area contributed by atoms with Gasteiger partial charge in [-0.15, -0.1) is 0 Å². The van der Waals surface area contributed by atoms with Crippen LogP contribution >= 0.6 is 0 Å². The molecule has 3 aromatic rings. The van der Waals surface area contributed by atoms with Crippen LogP contribution in [-0.2, 0) is 11.2 Å². The highest BCUT2D eigenvalue weighted by Crippen LogP contribution is 2.36. The van der Waals surface area contributed by atoms with Crippen LogP contribution in [-0.4, -0.2) is 6.61 Å². The number of aryl methyl sites for hydroxylation is 1. The molecule has 38 heavy (non-hydrogen) atoms. The quantitative estimate of drug-likeness (QED) is 0.180. The first-order chi connectivity index (χ1) is 18.5. The van der Waals surface area contributed by atoms with Crippen LogP contribution in [0, 0.1) is 23.4 Å². The minimum Gasteiger partial charge on any atom is -0.373 e. The van der Waals surface area contributed by atoms with E-state index in [-0.39, 0.29) is 17.5 Å². The van der Waals surface area contributed by atoms with Gasteiger partial charge in [-0.05, 0) is 79.7 Å². The van der Waals surface area contributed by atoms with Gasteiger partial charge in [-0.3, -0.25) is 0 Å². The molecule has 0 N–H and O–H groups in total. The number of rotatable bonds is 11.